The second-order valence-electron chi connectivity index (χ2n) is 8.25. The van der Waals surface area contributed by atoms with Crippen molar-refractivity contribution in [2.75, 3.05) is 19.0 Å². The fraction of sp³-hybridized carbons (Fsp3) is 0.304. The minimum atomic E-state index is -1.37. The Labute approximate surface area is 274 Å². The molecule has 0 saturated carbocycles. The van der Waals surface area contributed by atoms with Gasteiger partial charge in [0.2, 0.25) is 0 Å². The van der Waals surface area contributed by atoms with Gasteiger partial charge in [0.05, 0.1) is 7.11 Å². The van der Waals surface area contributed by atoms with Gasteiger partial charge in [-0.2, -0.15) is 41.5 Å². The third-order valence-electron chi connectivity index (χ3n) is 4.40. The van der Waals surface area contributed by atoms with Crippen molar-refractivity contribution in [2.24, 2.45) is 0 Å². The SMILES string of the molecule is COc1cc[c-]cc1NC(=O)[O-].C[Si](C)(C)CCOCn1c(=O)cnn(-c2cc[c-]cc2)c1=O.[Rb+].[W+2]. The molecule has 1 aromatic heterocycles. The number of hydrogen-bond donors (Lipinski definition) is 1. The fourth-order valence-corrected chi connectivity index (χ4v) is 3.34. The molecule has 10 nitrogen and oxygen atoms in total. The molecule has 36 heavy (non-hydrogen) atoms. The summed E-state index contributed by atoms with van der Waals surface area (Å²) in [7, 11) is 0.256. The van der Waals surface area contributed by atoms with Gasteiger partial charge in [-0.15, -0.1) is 18.2 Å². The minimum absolute atomic E-state index is 0. The summed E-state index contributed by atoms with van der Waals surface area (Å²) in [4.78, 5) is 34.3. The Morgan fingerprint density at radius 2 is 1.78 bits per heavy atom. The second kappa shape index (κ2) is 17.3. The Hall–Kier alpha value is -1.21. The molecule has 0 fully saturated rings. The van der Waals surface area contributed by atoms with Crippen LogP contribution >= 0.6 is 0 Å². The maximum Gasteiger partial charge on any atom is 2.00 e. The molecule has 0 radical (unpaired) electrons. The van der Waals surface area contributed by atoms with Crippen LogP contribution in [0.5, 0.6) is 5.75 Å². The molecule has 3 rings (SSSR count). The number of carboxylic acid groups (broad SMARTS) is 1. The predicted octanol–water partition coefficient (Wildman–Crippen LogP) is -1.24. The standard InChI is InChI=1S/C15H20N3O3Si.C8H8NO3.Rb.W/c1-22(2,3)10-9-21-12-17-14(19)11-16-18(15(17)20)13-7-5-4-6-8-13;1-12-7-5-3-2-4-6(7)9-8(10)11;;/h5-8,11H,9-10,12H2,1-3H3;3-5,9H,1H3,(H,10,11);;/q2*-1;+1;+2/p-1. The van der Waals surface area contributed by atoms with Crippen LogP contribution in [-0.2, 0) is 32.5 Å². The van der Waals surface area contributed by atoms with Crippen LogP contribution in [0.15, 0.2) is 58.3 Å². The van der Waals surface area contributed by atoms with Crippen LogP contribution in [0.3, 0.4) is 0 Å². The van der Waals surface area contributed by atoms with E-state index in [1.54, 1.807) is 36.4 Å². The third-order valence-corrected chi connectivity index (χ3v) is 6.11. The summed E-state index contributed by atoms with van der Waals surface area (Å²) >= 11 is 0. The van der Waals surface area contributed by atoms with Gasteiger partial charge in [-0.1, -0.05) is 19.6 Å². The molecule has 1 heterocycles. The van der Waals surface area contributed by atoms with Crippen molar-refractivity contribution in [3.8, 4) is 11.4 Å². The number of hydrogen-bond acceptors (Lipinski definition) is 7. The zero-order valence-electron chi connectivity index (χ0n) is 20.9. The van der Waals surface area contributed by atoms with Gasteiger partial charge in [0.25, 0.3) is 5.56 Å². The smallest absolute Gasteiger partial charge is 0.530 e. The molecule has 0 aliphatic heterocycles. The van der Waals surface area contributed by atoms with Crippen LogP contribution in [-0.4, -0.2) is 42.2 Å². The quantitative estimate of drug-likeness (QED) is 0.173. The molecule has 3 aromatic rings. The monoisotopic (exact) mass is 752 g/mol. The molecule has 0 atom stereocenters. The van der Waals surface area contributed by atoms with E-state index in [0.29, 0.717) is 23.7 Å². The van der Waals surface area contributed by atoms with Crippen molar-refractivity contribution in [1.29, 1.82) is 0 Å². The largest absolute Gasteiger partial charge is 2.00 e. The zero-order valence-corrected chi connectivity index (χ0v) is 29.8. The molecule has 0 spiro atoms. The molecule has 0 unspecified atom stereocenters. The van der Waals surface area contributed by atoms with E-state index in [2.05, 4.69) is 42.2 Å². The molecule has 0 aliphatic rings. The number of carbonyl (C=O) groups excluding carboxylic acids is 1. The van der Waals surface area contributed by atoms with Crippen molar-refractivity contribution in [2.45, 2.75) is 32.4 Å². The maximum atomic E-state index is 12.4. The fourth-order valence-electron chi connectivity index (χ4n) is 2.59. The molecule has 13 heteroatoms. The van der Waals surface area contributed by atoms with Gasteiger partial charge in [0.1, 0.15) is 19.0 Å². The number of benzene rings is 2. The number of nitrogens with zero attached hydrogens (tertiary/aromatic N) is 3. The molecule has 2 aromatic carbocycles. The first kappa shape index (κ1) is 34.8. The Morgan fingerprint density at radius 3 is 2.36 bits per heavy atom. The first-order valence-electron chi connectivity index (χ1n) is 10.4. The van der Waals surface area contributed by atoms with E-state index in [4.69, 9.17) is 9.47 Å². The van der Waals surface area contributed by atoms with Crippen molar-refractivity contribution in [3.05, 3.63) is 81.6 Å². The first-order valence-corrected chi connectivity index (χ1v) is 14.1. The van der Waals surface area contributed by atoms with Crippen molar-refractivity contribution >= 4 is 19.9 Å². The zero-order chi connectivity index (χ0) is 25.1. The number of nitrogens with one attached hydrogen (secondary N) is 1. The van der Waals surface area contributed by atoms with E-state index in [9.17, 15) is 19.5 Å². The Kier molecular flexibility index (Phi) is 16.7. The van der Waals surface area contributed by atoms with Crippen LogP contribution in [0, 0.1) is 12.1 Å². The number of amides is 1. The van der Waals surface area contributed by atoms with E-state index in [-0.39, 0.29) is 86.0 Å². The van der Waals surface area contributed by atoms with Crippen LogP contribution in [0.2, 0.25) is 25.7 Å². The van der Waals surface area contributed by atoms with Crippen molar-refractivity contribution in [3.63, 3.8) is 0 Å². The average Bonchev–Trinajstić information content (AvgIpc) is 2.79. The van der Waals surface area contributed by atoms with E-state index < -0.39 is 25.4 Å². The molecule has 1 N–H and O–H groups in total. The number of anilines is 1. The molecule has 186 valence electrons. The minimum Gasteiger partial charge on any atom is -0.530 e. The van der Waals surface area contributed by atoms with Gasteiger partial charge in [0.15, 0.2) is 0 Å². The Balaban J connectivity index is 0.000000750. The Bertz CT molecular complexity index is 1200. The summed E-state index contributed by atoms with van der Waals surface area (Å²) in [5.41, 5.74) is -0.0527. The van der Waals surface area contributed by atoms with Gasteiger partial charge in [-0.05, 0) is 17.4 Å². The van der Waals surface area contributed by atoms with E-state index >= 15 is 0 Å². The summed E-state index contributed by atoms with van der Waals surface area (Å²) in [5.74, 6) is 0.443. The molecule has 0 aliphatic carbocycles. The van der Waals surface area contributed by atoms with Gasteiger partial charge in [-0.3, -0.25) is 4.79 Å². The van der Waals surface area contributed by atoms with E-state index in [1.807, 2.05) is 0 Å². The van der Waals surface area contributed by atoms with Crippen LogP contribution in [0.25, 0.3) is 5.69 Å². The number of rotatable bonds is 8. The number of methoxy groups -OCH3 is 1. The van der Waals surface area contributed by atoms with Gasteiger partial charge in [0, 0.05) is 20.4 Å². The molecular formula is C23H27N4O6RbSiW. The number of ether oxygens (including phenoxy) is 2. The van der Waals surface area contributed by atoms with Crippen LogP contribution in [0.4, 0.5) is 10.5 Å². The maximum absolute atomic E-state index is 12.4. The predicted molar refractivity (Wildman–Crippen MR) is 128 cm³/mol. The van der Waals surface area contributed by atoms with Crippen LogP contribution in [0.1, 0.15) is 0 Å². The first-order chi connectivity index (χ1) is 16.1. The third kappa shape index (κ3) is 11.9. The van der Waals surface area contributed by atoms with Crippen molar-refractivity contribution in [1.82, 2.24) is 14.3 Å². The van der Waals surface area contributed by atoms with Crippen molar-refractivity contribution < 1.29 is 98.6 Å². The van der Waals surface area contributed by atoms with Gasteiger partial charge in [-0.25, -0.2) is 14.0 Å². The number of carbonyl (C=O) groups is 1. The second-order valence-corrected chi connectivity index (χ2v) is 13.9. The molecule has 0 saturated heterocycles. The average molecular weight is 753 g/mol. The van der Waals surface area contributed by atoms with E-state index in [1.165, 1.54) is 17.9 Å². The van der Waals surface area contributed by atoms with E-state index in [0.717, 1.165) is 16.8 Å². The van der Waals surface area contributed by atoms with Crippen LogP contribution < -0.4 is 84.6 Å². The summed E-state index contributed by atoms with van der Waals surface area (Å²) in [5, 5.41) is 16.1. The van der Waals surface area contributed by atoms with Gasteiger partial charge >= 0.3 is 84.9 Å². The Morgan fingerprint density at radius 1 is 1.14 bits per heavy atom. The normalized spacial score (nSPS) is 10.1. The molecular weight excluding hydrogens is 726 g/mol. The number of aromatic nitrogens is 3. The summed E-state index contributed by atoms with van der Waals surface area (Å²) in [6, 6.07) is 18.0. The summed E-state index contributed by atoms with van der Waals surface area (Å²) in [6.07, 6.45) is -0.243. The molecule has 1 amide bonds. The summed E-state index contributed by atoms with van der Waals surface area (Å²) in [6.45, 7) is 7.23. The molecule has 0 bridgehead atoms. The summed E-state index contributed by atoms with van der Waals surface area (Å²) < 4.78 is 12.6. The topological polar surface area (TPSA) is 128 Å². The van der Waals surface area contributed by atoms with Gasteiger partial charge < -0.3 is 24.7 Å².